The van der Waals surface area contributed by atoms with Crippen molar-refractivity contribution in [2.24, 2.45) is 0 Å². The molecular formula is C21H18N2O2S. The van der Waals surface area contributed by atoms with Crippen molar-refractivity contribution in [3.8, 4) is 0 Å². The third kappa shape index (κ3) is 3.06. The molecule has 0 bridgehead atoms. The van der Waals surface area contributed by atoms with Crippen LogP contribution in [0.2, 0.25) is 0 Å². The highest BCUT2D eigenvalue weighted by Crippen LogP contribution is 2.39. The van der Waals surface area contributed by atoms with Crippen LogP contribution < -0.4 is 0 Å². The number of fused-ring (bicyclic) bond motifs is 1. The Balaban J connectivity index is 1.76. The molecule has 0 aliphatic rings. The molecule has 0 fully saturated rings. The number of para-hydroxylation sites is 1. The summed E-state index contributed by atoms with van der Waals surface area (Å²) in [6.45, 7) is 3.79. The minimum atomic E-state index is -0.423. The first-order valence-electron chi connectivity index (χ1n) is 8.39. The third-order valence-electron chi connectivity index (χ3n) is 4.42. The lowest BCUT2D eigenvalue weighted by molar-refractivity contribution is 0.0990. The Morgan fingerprint density at radius 2 is 1.81 bits per heavy atom. The molecule has 26 heavy (non-hydrogen) atoms. The maximum absolute atomic E-state index is 13.4. The Hall–Kier alpha value is -2.79. The lowest BCUT2D eigenvalue weighted by atomic mass is 10.0. The van der Waals surface area contributed by atoms with Crippen LogP contribution in [0.5, 0.6) is 0 Å². The highest BCUT2D eigenvalue weighted by atomic mass is 32.2. The molecule has 0 aliphatic heterocycles. The van der Waals surface area contributed by atoms with E-state index in [9.17, 15) is 4.79 Å². The van der Waals surface area contributed by atoms with E-state index in [0.29, 0.717) is 10.8 Å². The minimum Gasteiger partial charge on any atom is -0.437 e. The van der Waals surface area contributed by atoms with Gasteiger partial charge in [0.05, 0.1) is 5.69 Å². The molecule has 2 heterocycles. The average molecular weight is 362 g/mol. The SMILES string of the molecule is Cc1nc(SC(C(=O)c2c[nH]c3ccccc23)c2ccccc2)oc1C. The molecule has 130 valence electrons. The molecule has 0 amide bonds. The van der Waals surface area contributed by atoms with Crippen LogP contribution in [-0.4, -0.2) is 15.8 Å². The number of rotatable bonds is 5. The maximum Gasteiger partial charge on any atom is 0.257 e. The van der Waals surface area contributed by atoms with E-state index in [0.717, 1.165) is 27.9 Å². The zero-order valence-electron chi connectivity index (χ0n) is 14.5. The lowest BCUT2D eigenvalue weighted by Crippen LogP contribution is -2.09. The molecule has 2 aromatic carbocycles. The molecule has 0 aliphatic carbocycles. The number of benzene rings is 2. The number of H-pyrrole nitrogens is 1. The summed E-state index contributed by atoms with van der Waals surface area (Å²) in [6.07, 6.45) is 1.79. The normalized spacial score (nSPS) is 12.4. The van der Waals surface area contributed by atoms with Crippen LogP contribution in [0.25, 0.3) is 10.9 Å². The molecule has 4 nitrogen and oxygen atoms in total. The Kier molecular flexibility index (Phi) is 4.39. The predicted molar refractivity (Wildman–Crippen MR) is 104 cm³/mol. The summed E-state index contributed by atoms with van der Waals surface area (Å²) in [5.41, 5.74) is 3.41. The Morgan fingerprint density at radius 3 is 2.54 bits per heavy atom. The van der Waals surface area contributed by atoms with E-state index in [1.807, 2.05) is 68.4 Å². The third-order valence-corrected chi connectivity index (χ3v) is 5.52. The van der Waals surface area contributed by atoms with Crippen molar-refractivity contribution in [1.82, 2.24) is 9.97 Å². The molecule has 1 N–H and O–H groups in total. The molecular weight excluding hydrogens is 344 g/mol. The number of carbonyl (C=O) groups excluding carboxylic acids is 1. The van der Waals surface area contributed by atoms with E-state index in [4.69, 9.17) is 4.42 Å². The molecule has 5 heteroatoms. The summed E-state index contributed by atoms with van der Waals surface area (Å²) in [6, 6.07) is 17.6. The number of oxazole rings is 1. The first-order chi connectivity index (χ1) is 12.6. The van der Waals surface area contributed by atoms with Gasteiger partial charge in [-0.15, -0.1) is 0 Å². The fourth-order valence-corrected chi connectivity index (χ4v) is 4.00. The number of hydrogen-bond acceptors (Lipinski definition) is 4. The first kappa shape index (κ1) is 16.7. The molecule has 0 saturated heterocycles. The molecule has 2 aromatic heterocycles. The van der Waals surface area contributed by atoms with Gasteiger partial charge in [0.2, 0.25) is 0 Å². The summed E-state index contributed by atoms with van der Waals surface area (Å²) < 4.78 is 5.71. The van der Waals surface area contributed by atoms with Gasteiger partial charge in [-0.25, -0.2) is 4.98 Å². The second-order valence-corrected chi connectivity index (χ2v) is 7.20. The van der Waals surface area contributed by atoms with Crippen LogP contribution in [0, 0.1) is 13.8 Å². The molecule has 0 spiro atoms. The lowest BCUT2D eigenvalue weighted by Gasteiger charge is -2.13. The van der Waals surface area contributed by atoms with Crippen LogP contribution in [0.3, 0.4) is 0 Å². The highest BCUT2D eigenvalue weighted by Gasteiger charge is 2.27. The fraction of sp³-hybridized carbons (Fsp3) is 0.143. The van der Waals surface area contributed by atoms with E-state index < -0.39 is 5.25 Å². The van der Waals surface area contributed by atoms with Gasteiger partial charge in [-0.2, -0.15) is 0 Å². The van der Waals surface area contributed by atoms with Crippen LogP contribution in [-0.2, 0) is 0 Å². The monoisotopic (exact) mass is 362 g/mol. The number of carbonyl (C=O) groups is 1. The van der Waals surface area contributed by atoms with E-state index in [-0.39, 0.29) is 5.78 Å². The largest absolute Gasteiger partial charge is 0.437 e. The predicted octanol–water partition coefficient (Wildman–Crippen LogP) is 5.49. The van der Waals surface area contributed by atoms with Crippen molar-refractivity contribution in [3.05, 3.63) is 83.4 Å². The first-order valence-corrected chi connectivity index (χ1v) is 9.27. The van der Waals surface area contributed by atoms with Gasteiger partial charge in [-0.1, -0.05) is 60.3 Å². The number of aromatic nitrogens is 2. The number of nitrogens with zero attached hydrogens (tertiary/aromatic N) is 1. The summed E-state index contributed by atoms with van der Waals surface area (Å²) >= 11 is 1.35. The van der Waals surface area contributed by atoms with Gasteiger partial charge in [0, 0.05) is 22.7 Å². The van der Waals surface area contributed by atoms with Crippen LogP contribution in [0.15, 0.2) is 70.4 Å². The number of aromatic amines is 1. The van der Waals surface area contributed by atoms with Crippen molar-refractivity contribution < 1.29 is 9.21 Å². The molecule has 1 unspecified atom stereocenters. The second-order valence-electron chi connectivity index (χ2n) is 6.14. The van der Waals surface area contributed by atoms with Crippen molar-refractivity contribution >= 4 is 28.4 Å². The van der Waals surface area contributed by atoms with Crippen molar-refractivity contribution in [2.75, 3.05) is 0 Å². The number of thioether (sulfide) groups is 1. The van der Waals surface area contributed by atoms with E-state index in [1.165, 1.54) is 11.8 Å². The number of hydrogen-bond donors (Lipinski definition) is 1. The van der Waals surface area contributed by atoms with E-state index in [1.54, 1.807) is 6.20 Å². The summed E-state index contributed by atoms with van der Waals surface area (Å²) in [7, 11) is 0. The Labute approximate surface area is 155 Å². The van der Waals surface area contributed by atoms with Crippen LogP contribution >= 0.6 is 11.8 Å². The molecule has 0 radical (unpaired) electrons. The topological polar surface area (TPSA) is 58.9 Å². The van der Waals surface area contributed by atoms with Gasteiger partial charge in [0.1, 0.15) is 11.0 Å². The summed E-state index contributed by atoms with van der Waals surface area (Å²) in [5, 5.41) is 1.02. The summed E-state index contributed by atoms with van der Waals surface area (Å²) in [4.78, 5) is 21.0. The zero-order chi connectivity index (χ0) is 18.1. The second kappa shape index (κ2) is 6.84. The molecule has 4 rings (SSSR count). The van der Waals surface area contributed by atoms with Crippen molar-refractivity contribution in [1.29, 1.82) is 0 Å². The molecule has 4 aromatic rings. The number of Topliss-reactive ketones (excluding diaryl/α,β-unsaturated/α-hetero) is 1. The van der Waals surface area contributed by atoms with Gasteiger partial charge in [-0.05, 0) is 25.5 Å². The molecule has 0 saturated carbocycles. The highest BCUT2D eigenvalue weighted by molar-refractivity contribution is 8.00. The average Bonchev–Trinajstić information content (AvgIpc) is 3.23. The standard InChI is InChI=1S/C21H18N2O2S/c1-13-14(2)25-21(23-13)26-20(15-8-4-3-5-9-15)19(24)17-12-22-18-11-7-6-10-16(17)18/h3-12,20,22H,1-2H3. The van der Waals surface area contributed by atoms with Gasteiger partial charge in [0.15, 0.2) is 5.78 Å². The Morgan fingerprint density at radius 1 is 1.08 bits per heavy atom. The summed E-state index contributed by atoms with van der Waals surface area (Å²) in [5.74, 6) is 0.811. The number of aryl methyl sites for hydroxylation is 2. The maximum atomic E-state index is 13.4. The van der Waals surface area contributed by atoms with Crippen molar-refractivity contribution in [2.45, 2.75) is 24.3 Å². The quantitative estimate of drug-likeness (QED) is 0.377. The zero-order valence-corrected chi connectivity index (χ0v) is 15.3. The van der Waals surface area contributed by atoms with Crippen LogP contribution in [0.1, 0.15) is 32.6 Å². The van der Waals surface area contributed by atoms with Crippen LogP contribution in [0.4, 0.5) is 0 Å². The van der Waals surface area contributed by atoms with Crippen molar-refractivity contribution in [3.63, 3.8) is 0 Å². The smallest absolute Gasteiger partial charge is 0.257 e. The Bertz CT molecular complexity index is 1050. The van der Waals surface area contributed by atoms with Gasteiger partial charge >= 0.3 is 0 Å². The van der Waals surface area contributed by atoms with Gasteiger partial charge < -0.3 is 9.40 Å². The van der Waals surface area contributed by atoms with E-state index in [2.05, 4.69) is 9.97 Å². The van der Waals surface area contributed by atoms with Gasteiger partial charge in [0.25, 0.3) is 5.22 Å². The number of nitrogens with one attached hydrogen (secondary N) is 1. The number of ketones is 1. The minimum absolute atomic E-state index is 0.0344. The van der Waals surface area contributed by atoms with E-state index >= 15 is 0 Å². The van der Waals surface area contributed by atoms with Gasteiger partial charge in [-0.3, -0.25) is 4.79 Å². The molecule has 1 atom stereocenters. The fourth-order valence-electron chi connectivity index (χ4n) is 2.91.